The Morgan fingerprint density at radius 2 is 1.33 bits per heavy atom. The molecule has 9 nitrogen and oxygen atoms in total. The van der Waals surface area contributed by atoms with E-state index in [0.717, 1.165) is 15.4 Å². The lowest BCUT2D eigenvalue weighted by molar-refractivity contribution is 0.128. The Bertz CT molecular complexity index is 1370. The van der Waals surface area contributed by atoms with Crippen molar-refractivity contribution in [2.45, 2.75) is 61.5 Å². The van der Waals surface area contributed by atoms with Crippen molar-refractivity contribution in [2.75, 3.05) is 24.6 Å². The molecule has 1 aliphatic heterocycles. The fraction of sp³-hybridized carbons (Fsp3) is 0.500. The van der Waals surface area contributed by atoms with Gasteiger partial charge in [0.05, 0.1) is 33.4 Å². The van der Waals surface area contributed by atoms with Gasteiger partial charge in [0.15, 0.2) is 9.84 Å². The number of sulfone groups is 1. The third-order valence-corrected chi connectivity index (χ3v) is 11.4. The van der Waals surface area contributed by atoms with Crippen molar-refractivity contribution in [2.24, 2.45) is 0 Å². The standard InChI is InChI=1S/C24H34N2O7S3/c1-17(2)19-5-9-21(10-6-19)35(30,31)25-13-14-26(23-15-34(28,29)16-24(23)27)36(32,33)22-11-7-20(8-12-22)18(3)4/h5-12,17-18,23-25,27H,13-16H2,1-4H3/t23-,24+/m1/s1. The zero-order valence-electron chi connectivity index (χ0n) is 20.8. The van der Waals surface area contributed by atoms with Crippen LogP contribution in [-0.2, 0) is 29.9 Å². The molecule has 200 valence electrons. The van der Waals surface area contributed by atoms with Crippen LogP contribution < -0.4 is 4.72 Å². The highest BCUT2D eigenvalue weighted by molar-refractivity contribution is 7.92. The monoisotopic (exact) mass is 558 g/mol. The van der Waals surface area contributed by atoms with Gasteiger partial charge in [0.25, 0.3) is 0 Å². The largest absolute Gasteiger partial charge is 0.390 e. The molecular formula is C24H34N2O7S3. The van der Waals surface area contributed by atoms with Crippen LogP contribution in [0.1, 0.15) is 50.7 Å². The maximum Gasteiger partial charge on any atom is 0.243 e. The number of nitrogens with one attached hydrogen (secondary N) is 1. The highest BCUT2D eigenvalue weighted by atomic mass is 32.2. The summed E-state index contributed by atoms with van der Waals surface area (Å²) in [6.45, 7) is 7.27. The molecule has 0 radical (unpaired) electrons. The van der Waals surface area contributed by atoms with Crippen LogP contribution in [0.25, 0.3) is 0 Å². The third kappa shape index (κ3) is 6.53. The summed E-state index contributed by atoms with van der Waals surface area (Å²) in [5, 5.41) is 10.4. The Morgan fingerprint density at radius 3 is 1.75 bits per heavy atom. The van der Waals surface area contributed by atoms with Crippen LogP contribution in [0, 0.1) is 0 Å². The summed E-state index contributed by atoms with van der Waals surface area (Å²) in [6, 6.07) is 11.4. The topological polar surface area (TPSA) is 138 Å². The van der Waals surface area contributed by atoms with Crippen molar-refractivity contribution in [3.05, 3.63) is 59.7 Å². The van der Waals surface area contributed by atoms with Gasteiger partial charge in [0.2, 0.25) is 20.0 Å². The van der Waals surface area contributed by atoms with Gasteiger partial charge in [-0.3, -0.25) is 0 Å². The van der Waals surface area contributed by atoms with Crippen LogP contribution >= 0.6 is 0 Å². The van der Waals surface area contributed by atoms with E-state index in [1.54, 1.807) is 24.3 Å². The molecular weight excluding hydrogens is 524 g/mol. The highest BCUT2D eigenvalue weighted by Gasteiger charge is 2.44. The van der Waals surface area contributed by atoms with Gasteiger partial charge < -0.3 is 5.11 Å². The van der Waals surface area contributed by atoms with E-state index < -0.39 is 53.5 Å². The van der Waals surface area contributed by atoms with Gasteiger partial charge in [-0.15, -0.1) is 0 Å². The maximum absolute atomic E-state index is 13.5. The summed E-state index contributed by atoms with van der Waals surface area (Å²) in [4.78, 5) is -0.0235. The van der Waals surface area contributed by atoms with Crippen LogP contribution in [0.15, 0.2) is 58.3 Å². The molecule has 0 aliphatic carbocycles. The first-order chi connectivity index (χ1) is 16.6. The number of rotatable bonds is 10. The Balaban J connectivity index is 1.85. The lowest BCUT2D eigenvalue weighted by Gasteiger charge is -2.29. The number of hydrogen-bond acceptors (Lipinski definition) is 7. The van der Waals surface area contributed by atoms with E-state index in [1.807, 2.05) is 27.7 Å². The Kier molecular flexibility index (Phi) is 8.69. The predicted octanol–water partition coefficient (Wildman–Crippen LogP) is 2.06. The SMILES string of the molecule is CC(C)c1ccc(S(=O)(=O)NCCN([C@@H]2CS(=O)(=O)C[C@@H]2O)S(=O)(=O)c2ccc(C(C)C)cc2)cc1. The van der Waals surface area contributed by atoms with Crippen molar-refractivity contribution in [1.29, 1.82) is 0 Å². The fourth-order valence-corrected chi connectivity index (χ4v) is 8.69. The Labute approximate surface area is 214 Å². The lowest BCUT2D eigenvalue weighted by Crippen LogP contribution is -2.49. The van der Waals surface area contributed by atoms with Gasteiger partial charge in [-0.25, -0.2) is 30.0 Å². The molecule has 0 aromatic heterocycles. The molecule has 1 heterocycles. The van der Waals surface area contributed by atoms with E-state index in [-0.39, 0.29) is 34.7 Å². The molecule has 1 saturated heterocycles. The van der Waals surface area contributed by atoms with Gasteiger partial charge >= 0.3 is 0 Å². The summed E-state index contributed by atoms with van der Waals surface area (Å²) in [7, 11) is -11.8. The Hall–Kier alpha value is -1.83. The Morgan fingerprint density at radius 1 is 0.861 bits per heavy atom. The first-order valence-corrected chi connectivity index (χ1v) is 16.5. The average Bonchev–Trinajstić information content (AvgIpc) is 3.08. The van der Waals surface area contributed by atoms with Crippen molar-refractivity contribution < 1.29 is 30.4 Å². The minimum atomic E-state index is -4.23. The first kappa shape index (κ1) is 28.7. The minimum absolute atomic E-state index is 0.0362. The smallest absolute Gasteiger partial charge is 0.243 e. The van der Waals surface area contributed by atoms with Gasteiger partial charge in [-0.2, -0.15) is 4.31 Å². The number of aliphatic hydroxyl groups excluding tert-OH is 1. The van der Waals surface area contributed by atoms with Gasteiger partial charge in [0.1, 0.15) is 0 Å². The molecule has 0 amide bonds. The molecule has 2 aromatic carbocycles. The summed E-state index contributed by atoms with van der Waals surface area (Å²) in [6.07, 6.45) is -1.42. The van der Waals surface area contributed by atoms with Crippen LogP contribution in [0.4, 0.5) is 0 Å². The second-order valence-corrected chi connectivity index (χ2v) is 15.5. The number of aliphatic hydroxyl groups is 1. The molecule has 2 aromatic rings. The number of nitrogens with zero attached hydrogens (tertiary/aromatic N) is 1. The molecule has 12 heteroatoms. The predicted molar refractivity (Wildman–Crippen MR) is 139 cm³/mol. The normalized spacial score (nSPS) is 20.4. The van der Waals surface area contributed by atoms with Gasteiger partial charge in [-0.05, 0) is 47.2 Å². The molecule has 3 rings (SSSR count). The molecule has 0 spiro atoms. The second kappa shape index (κ2) is 10.9. The van der Waals surface area contributed by atoms with E-state index in [9.17, 15) is 30.4 Å². The number of sulfonamides is 2. The molecule has 2 N–H and O–H groups in total. The van der Waals surface area contributed by atoms with Crippen molar-refractivity contribution in [3.8, 4) is 0 Å². The van der Waals surface area contributed by atoms with Crippen LogP contribution in [-0.4, -0.2) is 71.4 Å². The van der Waals surface area contributed by atoms with E-state index in [0.29, 0.717) is 0 Å². The number of hydrogen-bond donors (Lipinski definition) is 2. The average molecular weight is 559 g/mol. The molecule has 1 fully saturated rings. The highest BCUT2D eigenvalue weighted by Crippen LogP contribution is 2.26. The second-order valence-electron chi connectivity index (χ2n) is 9.67. The van der Waals surface area contributed by atoms with Crippen LogP contribution in [0.5, 0.6) is 0 Å². The summed E-state index contributed by atoms with van der Waals surface area (Å²) >= 11 is 0. The van der Waals surface area contributed by atoms with Crippen LogP contribution in [0.3, 0.4) is 0 Å². The van der Waals surface area contributed by atoms with Crippen molar-refractivity contribution in [1.82, 2.24) is 9.03 Å². The quantitative estimate of drug-likeness (QED) is 0.455. The zero-order chi connectivity index (χ0) is 26.9. The zero-order valence-corrected chi connectivity index (χ0v) is 23.3. The molecule has 0 bridgehead atoms. The maximum atomic E-state index is 13.5. The number of benzene rings is 2. The van der Waals surface area contributed by atoms with E-state index in [1.165, 1.54) is 24.3 Å². The van der Waals surface area contributed by atoms with Crippen molar-refractivity contribution in [3.63, 3.8) is 0 Å². The molecule has 2 atom stereocenters. The van der Waals surface area contributed by atoms with Crippen LogP contribution in [0.2, 0.25) is 0 Å². The van der Waals surface area contributed by atoms with Gasteiger partial charge in [0, 0.05) is 13.1 Å². The summed E-state index contributed by atoms with van der Waals surface area (Å²) in [5.74, 6) is -0.675. The lowest BCUT2D eigenvalue weighted by atomic mass is 10.0. The fourth-order valence-electron chi connectivity index (χ4n) is 4.12. The minimum Gasteiger partial charge on any atom is -0.390 e. The van der Waals surface area contributed by atoms with Crippen molar-refractivity contribution >= 4 is 29.9 Å². The first-order valence-electron chi connectivity index (χ1n) is 11.7. The summed E-state index contributed by atoms with van der Waals surface area (Å²) < 4.78 is 80.2. The molecule has 0 saturated carbocycles. The molecule has 36 heavy (non-hydrogen) atoms. The molecule has 1 aliphatic rings. The van der Waals surface area contributed by atoms with E-state index in [4.69, 9.17) is 0 Å². The van der Waals surface area contributed by atoms with E-state index >= 15 is 0 Å². The van der Waals surface area contributed by atoms with E-state index in [2.05, 4.69) is 4.72 Å². The summed E-state index contributed by atoms with van der Waals surface area (Å²) in [5.41, 5.74) is 1.91. The molecule has 0 unspecified atom stereocenters. The third-order valence-electron chi connectivity index (χ3n) is 6.30. The van der Waals surface area contributed by atoms with Gasteiger partial charge in [-0.1, -0.05) is 52.0 Å².